The Hall–Kier alpha value is -1.72. The molecule has 1 saturated carbocycles. The van der Waals surface area contributed by atoms with Crippen LogP contribution < -0.4 is 20.7 Å². The summed E-state index contributed by atoms with van der Waals surface area (Å²) < 4.78 is 42.5. The van der Waals surface area contributed by atoms with E-state index in [-0.39, 0.29) is 48.1 Å². The third-order valence-corrected chi connectivity index (χ3v) is 4.79. The maximum absolute atomic E-state index is 12.5. The number of aryl methyl sites for hydroxylation is 1. The molecule has 0 spiro atoms. The van der Waals surface area contributed by atoms with Gasteiger partial charge in [0.2, 0.25) is 5.91 Å². The van der Waals surface area contributed by atoms with Crippen LogP contribution in [0.25, 0.3) is 0 Å². The van der Waals surface area contributed by atoms with Gasteiger partial charge in [-0.1, -0.05) is 18.6 Å². The summed E-state index contributed by atoms with van der Waals surface area (Å²) in [5.41, 5.74) is 1.39. The Morgan fingerprint density at radius 2 is 1.90 bits per heavy atom. The predicted octanol–water partition coefficient (Wildman–Crippen LogP) is 3.92. The summed E-state index contributed by atoms with van der Waals surface area (Å²) in [4.78, 5) is 16.3. The first kappa shape index (κ1) is 27.3. The van der Waals surface area contributed by atoms with Gasteiger partial charge in [0.05, 0.1) is 6.54 Å². The fraction of sp³-hybridized carbons (Fsp3) is 0.619. The lowest BCUT2D eigenvalue weighted by atomic mass is 9.85. The molecule has 0 atom stereocenters. The number of guanidine groups is 1. The molecule has 0 unspecified atom stereocenters. The standard InChI is InChI=1S/C21H31F3N4O2.HI/c1-3-25-20(27-11-5-10-26-19(29)16-6-4-7-16)28-13-17-9-8-15(2)12-18(17)30-14-21(22,23)24;/h8-9,12,16H,3-7,10-11,13-14H2,1-2H3,(H,26,29)(H2,25,27,28);1H. The average Bonchev–Trinajstić information content (AvgIpc) is 2.63. The molecule has 31 heavy (non-hydrogen) atoms. The SMILES string of the molecule is CCNC(=NCc1ccc(C)cc1OCC(F)(F)F)NCCCNC(=O)C1CCC1.I. The van der Waals surface area contributed by atoms with E-state index >= 15 is 0 Å². The minimum Gasteiger partial charge on any atom is -0.484 e. The van der Waals surface area contributed by atoms with E-state index < -0.39 is 12.8 Å². The second-order valence-electron chi connectivity index (χ2n) is 7.41. The highest BCUT2D eigenvalue weighted by atomic mass is 127. The van der Waals surface area contributed by atoms with Crippen molar-refractivity contribution < 1.29 is 22.7 Å². The number of aliphatic imine (C=N–C) groups is 1. The van der Waals surface area contributed by atoms with E-state index in [0.717, 1.165) is 31.2 Å². The van der Waals surface area contributed by atoms with Crippen LogP contribution in [-0.4, -0.2) is 44.3 Å². The smallest absolute Gasteiger partial charge is 0.422 e. The van der Waals surface area contributed by atoms with E-state index in [1.807, 2.05) is 13.0 Å². The maximum Gasteiger partial charge on any atom is 0.422 e. The van der Waals surface area contributed by atoms with Crippen LogP contribution in [0.3, 0.4) is 0 Å². The summed E-state index contributed by atoms with van der Waals surface area (Å²) in [6, 6.07) is 5.13. The van der Waals surface area contributed by atoms with E-state index in [9.17, 15) is 18.0 Å². The molecule has 0 heterocycles. The summed E-state index contributed by atoms with van der Waals surface area (Å²) in [5.74, 6) is 1.06. The van der Waals surface area contributed by atoms with Crippen LogP contribution in [0, 0.1) is 12.8 Å². The van der Waals surface area contributed by atoms with Crippen LogP contribution >= 0.6 is 24.0 Å². The zero-order valence-corrected chi connectivity index (χ0v) is 20.3. The second-order valence-corrected chi connectivity index (χ2v) is 7.41. The van der Waals surface area contributed by atoms with Gasteiger partial charge in [0.25, 0.3) is 0 Å². The molecule has 1 aromatic carbocycles. The lowest BCUT2D eigenvalue weighted by molar-refractivity contribution is -0.153. The monoisotopic (exact) mass is 556 g/mol. The molecule has 1 amide bonds. The van der Waals surface area contributed by atoms with Crippen molar-refractivity contribution in [3.63, 3.8) is 0 Å². The Balaban J connectivity index is 0.00000480. The number of carbonyl (C=O) groups is 1. The lowest BCUT2D eigenvalue weighted by Crippen LogP contribution is -2.39. The highest BCUT2D eigenvalue weighted by molar-refractivity contribution is 14.0. The normalized spacial score (nSPS) is 14.3. The highest BCUT2D eigenvalue weighted by Gasteiger charge is 2.29. The first-order valence-corrected chi connectivity index (χ1v) is 10.4. The molecule has 176 valence electrons. The van der Waals surface area contributed by atoms with Crippen LogP contribution in [0.2, 0.25) is 0 Å². The maximum atomic E-state index is 12.5. The Morgan fingerprint density at radius 1 is 1.19 bits per heavy atom. The van der Waals surface area contributed by atoms with Crippen molar-refractivity contribution in [2.24, 2.45) is 10.9 Å². The van der Waals surface area contributed by atoms with Crippen LogP contribution in [-0.2, 0) is 11.3 Å². The Bertz CT molecular complexity index is 725. The predicted molar refractivity (Wildman–Crippen MR) is 126 cm³/mol. The van der Waals surface area contributed by atoms with Crippen LogP contribution in [0.4, 0.5) is 13.2 Å². The van der Waals surface area contributed by atoms with Crippen molar-refractivity contribution in [3.05, 3.63) is 29.3 Å². The van der Waals surface area contributed by atoms with Crippen LogP contribution in [0.5, 0.6) is 5.75 Å². The van der Waals surface area contributed by atoms with Gasteiger partial charge < -0.3 is 20.7 Å². The highest BCUT2D eigenvalue weighted by Crippen LogP contribution is 2.26. The minimum absolute atomic E-state index is 0. The first-order valence-electron chi connectivity index (χ1n) is 10.4. The molecular weight excluding hydrogens is 524 g/mol. The molecule has 1 aromatic rings. The number of carbonyl (C=O) groups excluding carboxylic acids is 1. The molecule has 3 N–H and O–H groups in total. The minimum atomic E-state index is -4.39. The van der Waals surface area contributed by atoms with Gasteiger partial charge in [0.15, 0.2) is 12.6 Å². The van der Waals surface area contributed by atoms with Gasteiger partial charge in [-0.3, -0.25) is 4.79 Å². The van der Waals surface area contributed by atoms with E-state index in [1.54, 1.807) is 19.1 Å². The first-order chi connectivity index (χ1) is 14.3. The summed E-state index contributed by atoms with van der Waals surface area (Å²) in [5, 5.41) is 9.22. The number of hydrogen-bond donors (Lipinski definition) is 3. The molecule has 0 aromatic heterocycles. The fourth-order valence-corrected chi connectivity index (χ4v) is 2.91. The number of rotatable bonds is 10. The summed E-state index contributed by atoms with van der Waals surface area (Å²) in [6.07, 6.45) is -0.557. The largest absolute Gasteiger partial charge is 0.484 e. The molecular formula is C21H32F3IN4O2. The third kappa shape index (κ3) is 10.4. The van der Waals surface area contributed by atoms with Crippen LogP contribution in [0.1, 0.15) is 43.7 Å². The van der Waals surface area contributed by atoms with Gasteiger partial charge in [-0.25, -0.2) is 4.99 Å². The molecule has 6 nitrogen and oxygen atoms in total. The number of hydrogen-bond acceptors (Lipinski definition) is 3. The Kier molecular flexibility index (Phi) is 12.0. The van der Waals surface area contributed by atoms with Crippen molar-refractivity contribution in [3.8, 4) is 5.75 Å². The van der Waals surface area contributed by atoms with E-state index in [0.29, 0.717) is 31.2 Å². The Labute approximate surface area is 198 Å². The quantitative estimate of drug-likeness (QED) is 0.177. The van der Waals surface area contributed by atoms with Crippen LogP contribution in [0.15, 0.2) is 23.2 Å². The van der Waals surface area contributed by atoms with E-state index in [2.05, 4.69) is 20.9 Å². The van der Waals surface area contributed by atoms with Crippen molar-refractivity contribution in [2.75, 3.05) is 26.2 Å². The molecule has 1 aliphatic rings. The lowest BCUT2D eigenvalue weighted by Gasteiger charge is -2.24. The number of ether oxygens (including phenoxy) is 1. The molecule has 0 radical (unpaired) electrons. The van der Waals surface area contributed by atoms with Crippen molar-refractivity contribution in [1.82, 2.24) is 16.0 Å². The average molecular weight is 556 g/mol. The number of halogens is 4. The molecule has 0 bridgehead atoms. The topological polar surface area (TPSA) is 74.8 Å². The van der Waals surface area contributed by atoms with Crippen molar-refractivity contribution >= 4 is 35.8 Å². The number of alkyl halides is 3. The van der Waals surface area contributed by atoms with Gasteiger partial charge in [0, 0.05) is 31.1 Å². The number of benzene rings is 1. The van der Waals surface area contributed by atoms with Gasteiger partial charge in [-0.05, 0) is 44.7 Å². The fourth-order valence-electron chi connectivity index (χ4n) is 2.91. The molecule has 10 heteroatoms. The molecule has 1 aliphatic carbocycles. The number of amides is 1. The zero-order chi connectivity index (χ0) is 22.0. The van der Waals surface area contributed by atoms with Gasteiger partial charge in [-0.2, -0.15) is 13.2 Å². The second kappa shape index (κ2) is 13.6. The molecule has 0 aliphatic heterocycles. The van der Waals surface area contributed by atoms with Crippen molar-refractivity contribution in [2.45, 2.75) is 52.3 Å². The summed E-state index contributed by atoms with van der Waals surface area (Å²) in [7, 11) is 0. The summed E-state index contributed by atoms with van der Waals surface area (Å²) in [6.45, 7) is 4.43. The Morgan fingerprint density at radius 3 is 2.52 bits per heavy atom. The zero-order valence-electron chi connectivity index (χ0n) is 18.0. The van der Waals surface area contributed by atoms with Gasteiger partial charge in [-0.15, -0.1) is 24.0 Å². The van der Waals surface area contributed by atoms with Gasteiger partial charge >= 0.3 is 6.18 Å². The number of nitrogens with zero attached hydrogens (tertiary/aromatic N) is 1. The van der Waals surface area contributed by atoms with Crippen molar-refractivity contribution in [1.29, 1.82) is 0 Å². The third-order valence-electron chi connectivity index (χ3n) is 4.79. The number of nitrogens with one attached hydrogen (secondary N) is 3. The molecule has 0 saturated heterocycles. The van der Waals surface area contributed by atoms with E-state index in [4.69, 9.17) is 4.74 Å². The summed E-state index contributed by atoms with van der Waals surface area (Å²) >= 11 is 0. The van der Waals surface area contributed by atoms with E-state index in [1.165, 1.54) is 0 Å². The van der Waals surface area contributed by atoms with Gasteiger partial charge in [0.1, 0.15) is 5.75 Å². The molecule has 2 rings (SSSR count). The molecule has 1 fully saturated rings.